The lowest BCUT2D eigenvalue weighted by molar-refractivity contribution is 0.521. The molecule has 0 aliphatic carbocycles. The fourth-order valence-corrected chi connectivity index (χ4v) is 5.36. The minimum Gasteiger partial charge on any atom is -0.327 e. The van der Waals surface area contributed by atoms with Gasteiger partial charge >= 0.3 is 0 Å². The van der Waals surface area contributed by atoms with Crippen molar-refractivity contribution in [3.63, 3.8) is 0 Å². The number of para-hydroxylation sites is 1. The van der Waals surface area contributed by atoms with Gasteiger partial charge in [-0.2, -0.15) is 0 Å². The van der Waals surface area contributed by atoms with Crippen molar-refractivity contribution in [1.29, 1.82) is 0 Å². The van der Waals surface area contributed by atoms with Crippen molar-refractivity contribution in [2.24, 2.45) is 0 Å². The number of nitrogens with zero attached hydrogens (tertiary/aromatic N) is 6. The number of aryl methyl sites for hydroxylation is 2. The summed E-state index contributed by atoms with van der Waals surface area (Å²) in [5.74, 6) is 1.47. The van der Waals surface area contributed by atoms with E-state index in [4.69, 9.17) is 4.98 Å². The van der Waals surface area contributed by atoms with Crippen LogP contribution in [0.3, 0.4) is 0 Å². The minimum atomic E-state index is -3.52. The van der Waals surface area contributed by atoms with Crippen LogP contribution in [0.4, 0.5) is 0 Å². The molecule has 0 saturated carbocycles. The van der Waals surface area contributed by atoms with Crippen molar-refractivity contribution in [3.8, 4) is 5.69 Å². The number of imidazole rings is 1. The number of benzene rings is 2. The summed E-state index contributed by atoms with van der Waals surface area (Å²) in [7, 11) is -0.456. The molecule has 0 spiro atoms. The Labute approximate surface area is 192 Å². The number of thioether (sulfide) groups is 1. The molecule has 2 heterocycles. The Balaban J connectivity index is 1.67. The van der Waals surface area contributed by atoms with Gasteiger partial charge in [-0.05, 0) is 43.2 Å². The monoisotopic (exact) mass is 470 g/mol. The quantitative estimate of drug-likeness (QED) is 0.363. The summed E-state index contributed by atoms with van der Waals surface area (Å²) in [4.78, 5) is 5.03. The van der Waals surface area contributed by atoms with Crippen LogP contribution >= 0.6 is 11.8 Å². The van der Waals surface area contributed by atoms with Crippen LogP contribution in [0, 0.1) is 6.92 Å². The molecule has 0 unspecified atom stereocenters. The van der Waals surface area contributed by atoms with E-state index in [0.29, 0.717) is 11.3 Å². The SMILES string of the molecule is CCCn1c(CSc2nncn2-c2ccccc2C)nc2cc(S(=O)(=O)N(C)C)ccc21. The first-order valence-electron chi connectivity index (χ1n) is 10.3. The Bertz CT molecular complexity index is 1360. The summed E-state index contributed by atoms with van der Waals surface area (Å²) in [6.45, 7) is 4.98. The standard InChI is InChI=1S/C22H26N6O2S2/c1-5-12-27-20-11-10-17(32(29,30)26(3)4)13-18(20)24-21(27)14-31-22-25-23-15-28(22)19-9-7-6-8-16(19)2/h6-11,13,15H,5,12,14H2,1-4H3. The molecular weight excluding hydrogens is 444 g/mol. The summed E-state index contributed by atoms with van der Waals surface area (Å²) < 4.78 is 30.4. The highest BCUT2D eigenvalue weighted by Crippen LogP contribution is 2.28. The zero-order valence-corrected chi connectivity index (χ0v) is 20.2. The van der Waals surface area contributed by atoms with Crippen molar-refractivity contribution in [2.75, 3.05) is 14.1 Å². The molecule has 0 amide bonds. The van der Waals surface area contributed by atoms with E-state index >= 15 is 0 Å². The van der Waals surface area contributed by atoms with Crippen LogP contribution in [0.1, 0.15) is 24.7 Å². The number of aromatic nitrogens is 5. The number of sulfonamides is 1. The Morgan fingerprint density at radius 3 is 2.62 bits per heavy atom. The third-order valence-corrected chi connectivity index (χ3v) is 8.00. The van der Waals surface area contributed by atoms with Gasteiger partial charge in [-0.3, -0.25) is 4.57 Å². The molecule has 0 aliphatic heterocycles. The Morgan fingerprint density at radius 2 is 1.91 bits per heavy atom. The maximum Gasteiger partial charge on any atom is 0.242 e. The van der Waals surface area contributed by atoms with E-state index in [1.807, 2.05) is 28.8 Å². The summed E-state index contributed by atoms with van der Waals surface area (Å²) >= 11 is 1.56. The van der Waals surface area contributed by atoms with Crippen molar-refractivity contribution in [3.05, 3.63) is 60.2 Å². The van der Waals surface area contributed by atoms with Crippen molar-refractivity contribution in [2.45, 2.75) is 42.6 Å². The molecule has 32 heavy (non-hydrogen) atoms. The largest absolute Gasteiger partial charge is 0.327 e. The molecule has 10 heteroatoms. The summed E-state index contributed by atoms with van der Waals surface area (Å²) in [5, 5.41) is 9.18. The predicted octanol–water partition coefficient (Wildman–Crippen LogP) is 3.88. The van der Waals surface area contributed by atoms with Gasteiger partial charge in [0, 0.05) is 20.6 Å². The highest BCUT2D eigenvalue weighted by atomic mass is 32.2. The first kappa shape index (κ1) is 22.5. The number of rotatable bonds is 8. The van der Waals surface area contributed by atoms with E-state index in [9.17, 15) is 8.42 Å². The molecule has 4 rings (SSSR count). The average molecular weight is 471 g/mol. The third kappa shape index (κ3) is 4.17. The first-order chi connectivity index (χ1) is 15.3. The predicted molar refractivity (Wildman–Crippen MR) is 127 cm³/mol. The van der Waals surface area contributed by atoms with Gasteiger partial charge < -0.3 is 4.57 Å². The van der Waals surface area contributed by atoms with Crippen LogP contribution in [0.5, 0.6) is 0 Å². The number of fused-ring (bicyclic) bond motifs is 1. The molecule has 0 aliphatic rings. The highest BCUT2D eigenvalue weighted by molar-refractivity contribution is 7.98. The third-order valence-electron chi connectivity index (χ3n) is 5.25. The van der Waals surface area contributed by atoms with Gasteiger partial charge in [0.05, 0.1) is 27.4 Å². The smallest absolute Gasteiger partial charge is 0.242 e. The lowest BCUT2D eigenvalue weighted by atomic mass is 10.2. The average Bonchev–Trinajstić information content (AvgIpc) is 3.37. The van der Waals surface area contributed by atoms with E-state index in [1.54, 1.807) is 30.2 Å². The molecular formula is C22H26N6O2S2. The lowest BCUT2D eigenvalue weighted by Gasteiger charge is -2.11. The van der Waals surface area contributed by atoms with Crippen LogP contribution in [0.2, 0.25) is 0 Å². The molecule has 0 N–H and O–H groups in total. The molecule has 0 atom stereocenters. The molecule has 0 fully saturated rings. The molecule has 168 valence electrons. The lowest BCUT2D eigenvalue weighted by Crippen LogP contribution is -2.22. The molecule has 2 aromatic heterocycles. The topological polar surface area (TPSA) is 85.9 Å². The summed E-state index contributed by atoms with van der Waals surface area (Å²) in [5.41, 5.74) is 3.79. The molecule has 0 radical (unpaired) electrons. The van der Waals surface area contributed by atoms with E-state index in [2.05, 4.69) is 34.7 Å². The van der Waals surface area contributed by atoms with Crippen LogP contribution in [0.25, 0.3) is 16.7 Å². The van der Waals surface area contributed by atoms with Crippen molar-refractivity contribution < 1.29 is 8.42 Å². The van der Waals surface area contributed by atoms with Crippen LogP contribution < -0.4 is 0 Å². The van der Waals surface area contributed by atoms with Crippen LogP contribution in [0.15, 0.2) is 58.8 Å². The van der Waals surface area contributed by atoms with Crippen LogP contribution in [-0.2, 0) is 22.3 Å². The van der Waals surface area contributed by atoms with Gasteiger partial charge in [0.2, 0.25) is 10.0 Å². The second-order valence-corrected chi connectivity index (χ2v) is 10.8. The maximum atomic E-state index is 12.5. The van der Waals surface area contributed by atoms with E-state index in [-0.39, 0.29) is 4.90 Å². The zero-order chi connectivity index (χ0) is 22.9. The normalized spacial score (nSPS) is 12.2. The first-order valence-corrected chi connectivity index (χ1v) is 12.8. The highest BCUT2D eigenvalue weighted by Gasteiger charge is 2.20. The molecule has 8 nitrogen and oxygen atoms in total. The van der Waals surface area contributed by atoms with E-state index < -0.39 is 10.0 Å². The second-order valence-electron chi connectivity index (χ2n) is 7.68. The van der Waals surface area contributed by atoms with Crippen molar-refractivity contribution >= 4 is 32.8 Å². The van der Waals surface area contributed by atoms with Gasteiger partial charge in [0.15, 0.2) is 5.16 Å². The summed E-state index contributed by atoms with van der Waals surface area (Å²) in [6.07, 6.45) is 2.67. The minimum absolute atomic E-state index is 0.245. The van der Waals surface area contributed by atoms with Gasteiger partial charge in [-0.25, -0.2) is 17.7 Å². The van der Waals surface area contributed by atoms with Gasteiger partial charge in [-0.15, -0.1) is 10.2 Å². The second kappa shape index (κ2) is 9.05. The zero-order valence-electron chi connectivity index (χ0n) is 18.6. The fourth-order valence-electron chi connectivity index (χ4n) is 3.56. The van der Waals surface area contributed by atoms with E-state index in [0.717, 1.165) is 40.7 Å². The maximum absolute atomic E-state index is 12.5. The fraction of sp³-hybridized carbons (Fsp3) is 0.318. The molecule has 2 aromatic carbocycles. The Morgan fingerprint density at radius 1 is 1.12 bits per heavy atom. The van der Waals surface area contributed by atoms with E-state index in [1.165, 1.54) is 18.4 Å². The Kier molecular flexibility index (Phi) is 6.36. The molecule has 4 aromatic rings. The molecule has 0 bridgehead atoms. The Hall–Kier alpha value is -2.69. The van der Waals surface area contributed by atoms with Gasteiger partial charge in [0.1, 0.15) is 12.2 Å². The number of hydrogen-bond donors (Lipinski definition) is 0. The van der Waals surface area contributed by atoms with Gasteiger partial charge in [-0.1, -0.05) is 36.9 Å². The van der Waals surface area contributed by atoms with Crippen LogP contribution in [-0.4, -0.2) is 51.1 Å². The number of hydrogen-bond acceptors (Lipinski definition) is 6. The molecule has 0 saturated heterocycles. The summed E-state index contributed by atoms with van der Waals surface area (Å²) in [6, 6.07) is 13.3. The van der Waals surface area contributed by atoms with Gasteiger partial charge in [0.25, 0.3) is 0 Å². The van der Waals surface area contributed by atoms with Crippen molar-refractivity contribution in [1.82, 2.24) is 28.6 Å².